The van der Waals surface area contributed by atoms with Crippen LogP contribution in [0.5, 0.6) is 0 Å². The molecule has 1 heterocycles. The highest BCUT2D eigenvalue weighted by Crippen LogP contribution is 2.07. The predicted octanol–water partition coefficient (Wildman–Crippen LogP) is 1.58. The summed E-state index contributed by atoms with van der Waals surface area (Å²) in [5, 5.41) is 0. The second-order valence-electron chi connectivity index (χ2n) is 3.23. The smallest absolute Gasteiger partial charge is 0.197 e. The lowest BCUT2D eigenvalue weighted by Gasteiger charge is -2.00. The summed E-state index contributed by atoms with van der Waals surface area (Å²) in [6.07, 6.45) is 4.03. The third-order valence-electron chi connectivity index (χ3n) is 1.64. The Morgan fingerprint density at radius 3 is 2.82 bits per heavy atom. The second kappa shape index (κ2) is 3.42. The van der Waals surface area contributed by atoms with E-state index in [1.54, 1.807) is 6.20 Å². The molecule has 0 aliphatic carbocycles. The molecule has 62 valence electrons. The first-order valence-electron chi connectivity index (χ1n) is 3.98. The van der Waals surface area contributed by atoms with Gasteiger partial charge in [0.15, 0.2) is 5.95 Å². The van der Waals surface area contributed by atoms with Gasteiger partial charge in [0.05, 0.1) is 6.20 Å². The molecule has 0 aromatic carbocycles. The van der Waals surface area contributed by atoms with Crippen molar-refractivity contribution in [1.82, 2.24) is 9.97 Å². The second-order valence-corrected chi connectivity index (χ2v) is 3.23. The Balaban J connectivity index is 2.39. The SMILES string of the molecule is CC(C)CCc1cnc(N)[nH]1. The molecule has 0 spiro atoms. The molecule has 3 heteroatoms. The first-order chi connectivity index (χ1) is 5.18. The lowest BCUT2D eigenvalue weighted by molar-refractivity contribution is 0.582. The van der Waals surface area contributed by atoms with Crippen LogP contribution in [0.15, 0.2) is 6.20 Å². The number of H-pyrrole nitrogens is 1. The van der Waals surface area contributed by atoms with E-state index in [0.29, 0.717) is 5.95 Å². The molecule has 3 nitrogen and oxygen atoms in total. The summed E-state index contributed by atoms with van der Waals surface area (Å²) in [7, 11) is 0. The van der Waals surface area contributed by atoms with E-state index in [2.05, 4.69) is 23.8 Å². The number of aromatic amines is 1. The van der Waals surface area contributed by atoms with E-state index in [9.17, 15) is 0 Å². The summed E-state index contributed by atoms with van der Waals surface area (Å²) < 4.78 is 0. The number of nitrogen functional groups attached to an aromatic ring is 1. The molecule has 0 aliphatic rings. The number of hydrogen-bond donors (Lipinski definition) is 2. The number of nitrogens with one attached hydrogen (secondary N) is 1. The molecule has 3 N–H and O–H groups in total. The van der Waals surface area contributed by atoms with E-state index in [-0.39, 0.29) is 0 Å². The van der Waals surface area contributed by atoms with Gasteiger partial charge in [-0.25, -0.2) is 4.98 Å². The van der Waals surface area contributed by atoms with Crippen LogP contribution in [0.2, 0.25) is 0 Å². The summed E-state index contributed by atoms with van der Waals surface area (Å²) in [6.45, 7) is 4.42. The van der Waals surface area contributed by atoms with E-state index >= 15 is 0 Å². The quantitative estimate of drug-likeness (QED) is 0.692. The van der Waals surface area contributed by atoms with Crippen molar-refractivity contribution in [1.29, 1.82) is 0 Å². The fraction of sp³-hybridized carbons (Fsp3) is 0.625. The van der Waals surface area contributed by atoms with E-state index in [1.807, 2.05) is 0 Å². The molecule has 11 heavy (non-hydrogen) atoms. The number of nitrogens with zero attached hydrogens (tertiary/aromatic N) is 1. The first-order valence-corrected chi connectivity index (χ1v) is 3.98. The van der Waals surface area contributed by atoms with Crippen LogP contribution in [0.1, 0.15) is 26.0 Å². The van der Waals surface area contributed by atoms with E-state index in [1.165, 1.54) is 6.42 Å². The zero-order chi connectivity index (χ0) is 8.27. The van der Waals surface area contributed by atoms with Crippen LogP contribution >= 0.6 is 0 Å². The lowest BCUT2D eigenvalue weighted by atomic mass is 10.1. The van der Waals surface area contributed by atoms with E-state index in [0.717, 1.165) is 18.0 Å². The van der Waals surface area contributed by atoms with Crippen molar-refractivity contribution in [3.63, 3.8) is 0 Å². The van der Waals surface area contributed by atoms with Gasteiger partial charge in [-0.1, -0.05) is 13.8 Å². The van der Waals surface area contributed by atoms with Crippen LogP contribution < -0.4 is 5.73 Å². The number of anilines is 1. The van der Waals surface area contributed by atoms with Crippen LogP contribution in [0, 0.1) is 5.92 Å². The summed E-state index contributed by atoms with van der Waals surface area (Å²) >= 11 is 0. The van der Waals surface area contributed by atoms with Crippen LogP contribution in [0.4, 0.5) is 5.95 Å². The Morgan fingerprint density at radius 2 is 2.36 bits per heavy atom. The summed E-state index contributed by atoms with van der Waals surface area (Å²) in [5.41, 5.74) is 6.55. The molecule has 0 bridgehead atoms. The van der Waals surface area contributed by atoms with Gasteiger partial charge < -0.3 is 10.7 Å². The van der Waals surface area contributed by atoms with Crippen LogP contribution in [-0.4, -0.2) is 9.97 Å². The van der Waals surface area contributed by atoms with Gasteiger partial charge in [-0.2, -0.15) is 0 Å². The Morgan fingerprint density at radius 1 is 1.64 bits per heavy atom. The van der Waals surface area contributed by atoms with Crippen molar-refractivity contribution >= 4 is 5.95 Å². The molecule has 0 aliphatic heterocycles. The fourth-order valence-electron chi connectivity index (χ4n) is 0.948. The molecule has 1 aromatic rings. The topological polar surface area (TPSA) is 54.7 Å². The van der Waals surface area contributed by atoms with Gasteiger partial charge in [-0.15, -0.1) is 0 Å². The van der Waals surface area contributed by atoms with Gasteiger partial charge in [0.1, 0.15) is 0 Å². The van der Waals surface area contributed by atoms with Crippen LogP contribution in [0.25, 0.3) is 0 Å². The van der Waals surface area contributed by atoms with Gasteiger partial charge >= 0.3 is 0 Å². The van der Waals surface area contributed by atoms with Crippen molar-refractivity contribution < 1.29 is 0 Å². The monoisotopic (exact) mass is 153 g/mol. The fourth-order valence-corrected chi connectivity index (χ4v) is 0.948. The Labute approximate surface area is 67.0 Å². The standard InChI is InChI=1S/C8H15N3/c1-6(2)3-4-7-5-10-8(9)11-7/h5-6H,3-4H2,1-2H3,(H3,9,10,11). The molecule has 1 rings (SSSR count). The number of aromatic nitrogens is 2. The summed E-state index contributed by atoms with van der Waals surface area (Å²) in [5.74, 6) is 1.25. The summed E-state index contributed by atoms with van der Waals surface area (Å²) in [6, 6.07) is 0. The molecule has 0 unspecified atom stereocenters. The minimum absolute atomic E-state index is 0.517. The van der Waals surface area contributed by atoms with Crippen molar-refractivity contribution in [3.8, 4) is 0 Å². The van der Waals surface area contributed by atoms with Gasteiger partial charge in [0.2, 0.25) is 0 Å². The number of hydrogen-bond acceptors (Lipinski definition) is 2. The average Bonchev–Trinajstić information content (AvgIpc) is 2.31. The van der Waals surface area contributed by atoms with Crippen molar-refractivity contribution in [2.75, 3.05) is 5.73 Å². The van der Waals surface area contributed by atoms with Crippen molar-refractivity contribution in [2.45, 2.75) is 26.7 Å². The molecule has 0 saturated carbocycles. The predicted molar refractivity (Wildman–Crippen MR) is 46.2 cm³/mol. The highest BCUT2D eigenvalue weighted by atomic mass is 15.0. The Kier molecular flexibility index (Phi) is 2.52. The van der Waals surface area contributed by atoms with Gasteiger partial charge in [-0.3, -0.25) is 0 Å². The Hall–Kier alpha value is -0.990. The lowest BCUT2D eigenvalue weighted by Crippen LogP contribution is -1.92. The van der Waals surface area contributed by atoms with Crippen molar-refractivity contribution in [2.24, 2.45) is 5.92 Å². The normalized spacial score (nSPS) is 10.8. The molecular weight excluding hydrogens is 138 g/mol. The molecule has 0 saturated heterocycles. The number of nitrogens with two attached hydrogens (primary N) is 1. The van der Waals surface area contributed by atoms with Gasteiger partial charge in [-0.05, 0) is 18.8 Å². The molecular formula is C8H15N3. The third kappa shape index (κ3) is 2.62. The van der Waals surface area contributed by atoms with Gasteiger partial charge in [0.25, 0.3) is 0 Å². The number of aryl methyl sites for hydroxylation is 1. The van der Waals surface area contributed by atoms with Crippen LogP contribution in [0.3, 0.4) is 0 Å². The maximum atomic E-state index is 5.42. The maximum Gasteiger partial charge on any atom is 0.197 e. The molecule has 0 atom stereocenters. The van der Waals surface area contributed by atoms with E-state index < -0.39 is 0 Å². The van der Waals surface area contributed by atoms with Gasteiger partial charge in [0, 0.05) is 5.69 Å². The maximum absolute atomic E-state index is 5.42. The van der Waals surface area contributed by atoms with Crippen LogP contribution in [-0.2, 0) is 6.42 Å². The molecule has 0 fully saturated rings. The number of imidazole rings is 1. The minimum Gasteiger partial charge on any atom is -0.369 e. The minimum atomic E-state index is 0.517. The van der Waals surface area contributed by atoms with E-state index in [4.69, 9.17) is 5.73 Å². The molecule has 1 aromatic heterocycles. The zero-order valence-electron chi connectivity index (χ0n) is 7.09. The zero-order valence-corrected chi connectivity index (χ0v) is 7.09. The first kappa shape index (κ1) is 8.11. The average molecular weight is 153 g/mol. The Bertz CT molecular complexity index is 215. The molecule has 0 radical (unpaired) electrons. The highest BCUT2D eigenvalue weighted by molar-refractivity contribution is 5.18. The summed E-state index contributed by atoms with van der Waals surface area (Å²) in [4.78, 5) is 6.91. The number of rotatable bonds is 3. The molecule has 0 amide bonds. The largest absolute Gasteiger partial charge is 0.369 e. The highest BCUT2D eigenvalue weighted by Gasteiger charge is 1.98. The third-order valence-corrected chi connectivity index (χ3v) is 1.64. The van der Waals surface area contributed by atoms with Crippen molar-refractivity contribution in [3.05, 3.63) is 11.9 Å².